The molecule has 0 atom stereocenters. The normalized spacial score (nSPS) is 11.8. The van der Waals surface area contributed by atoms with Crippen LogP contribution in [0.25, 0.3) is 0 Å². The van der Waals surface area contributed by atoms with Gasteiger partial charge >= 0.3 is 0 Å². The Morgan fingerprint density at radius 3 is 1.57 bits per heavy atom. The number of hydrogen-bond acceptors (Lipinski definition) is 2. The molecule has 0 aromatic heterocycles. The first-order chi connectivity index (χ1) is 11.2. The highest BCUT2D eigenvalue weighted by Crippen LogP contribution is 2.30. The molecule has 0 fully saturated rings. The van der Waals surface area contributed by atoms with Crippen molar-refractivity contribution in [1.29, 1.82) is 0 Å². The molecule has 0 aliphatic carbocycles. The van der Waals surface area contributed by atoms with E-state index in [0.717, 1.165) is 25.4 Å². The Kier molecular flexibility index (Phi) is 7.19. The third-order valence-corrected chi connectivity index (χ3v) is 5.56. The minimum Gasteiger partial charge on any atom is -0.294 e. The molecule has 2 aromatic carbocycles. The van der Waals surface area contributed by atoms with E-state index >= 15 is 0 Å². The molecule has 0 aliphatic heterocycles. The van der Waals surface area contributed by atoms with E-state index in [4.69, 9.17) is 0 Å². The monoisotopic (exact) mass is 327 g/mol. The topological polar surface area (TPSA) is 3.24 Å². The summed E-state index contributed by atoms with van der Waals surface area (Å²) in [5, 5.41) is 0. The molecule has 0 saturated heterocycles. The van der Waals surface area contributed by atoms with Gasteiger partial charge in [0.05, 0.1) is 0 Å². The lowest BCUT2D eigenvalue weighted by molar-refractivity contribution is 0.145. The lowest BCUT2D eigenvalue weighted by Crippen LogP contribution is -2.38. The van der Waals surface area contributed by atoms with Crippen molar-refractivity contribution in [2.24, 2.45) is 5.41 Å². The Bertz CT molecular complexity index is 499. The first-order valence-corrected chi connectivity index (χ1v) is 9.25. The number of hydrogen-bond donors (Lipinski definition) is 1. The lowest BCUT2D eigenvalue weighted by atomic mass is 9.83. The highest BCUT2D eigenvalue weighted by atomic mass is 32.1. The fraction of sp³-hybridized carbons (Fsp3) is 0.429. The maximum Gasteiger partial charge on any atom is 0.0237 e. The number of rotatable bonds is 9. The van der Waals surface area contributed by atoms with Crippen molar-refractivity contribution in [2.45, 2.75) is 39.8 Å². The van der Waals surface area contributed by atoms with Gasteiger partial charge in [-0.25, -0.2) is 0 Å². The van der Waals surface area contributed by atoms with Gasteiger partial charge in [-0.05, 0) is 35.1 Å². The zero-order valence-corrected chi connectivity index (χ0v) is 15.3. The summed E-state index contributed by atoms with van der Waals surface area (Å²) in [6.07, 6.45) is 2.35. The van der Waals surface area contributed by atoms with Crippen LogP contribution in [-0.4, -0.2) is 17.2 Å². The minimum atomic E-state index is 0.298. The molecule has 0 bridgehead atoms. The van der Waals surface area contributed by atoms with Gasteiger partial charge in [0.1, 0.15) is 0 Å². The molecule has 2 heteroatoms. The van der Waals surface area contributed by atoms with Crippen LogP contribution in [0.1, 0.15) is 37.8 Å². The molecule has 0 unspecified atom stereocenters. The SMILES string of the molecule is CCC(CC)(CS)CN(Cc1ccccc1)Cc1ccccc1. The second-order valence-corrected chi connectivity index (χ2v) is 6.80. The van der Waals surface area contributed by atoms with Crippen LogP contribution in [0.2, 0.25) is 0 Å². The smallest absolute Gasteiger partial charge is 0.0237 e. The summed E-state index contributed by atoms with van der Waals surface area (Å²) in [7, 11) is 0. The maximum absolute atomic E-state index is 4.66. The molecule has 0 amide bonds. The first-order valence-electron chi connectivity index (χ1n) is 8.62. The summed E-state index contributed by atoms with van der Waals surface area (Å²) in [6, 6.07) is 21.6. The Morgan fingerprint density at radius 2 is 1.22 bits per heavy atom. The van der Waals surface area contributed by atoms with E-state index < -0.39 is 0 Å². The van der Waals surface area contributed by atoms with Crippen molar-refractivity contribution in [3.8, 4) is 0 Å². The van der Waals surface area contributed by atoms with Gasteiger partial charge < -0.3 is 0 Å². The molecule has 0 heterocycles. The van der Waals surface area contributed by atoms with E-state index in [2.05, 4.69) is 92.0 Å². The quantitative estimate of drug-likeness (QED) is 0.601. The highest BCUT2D eigenvalue weighted by Gasteiger charge is 2.27. The molecule has 0 saturated carbocycles. The van der Waals surface area contributed by atoms with Gasteiger partial charge in [0.25, 0.3) is 0 Å². The van der Waals surface area contributed by atoms with Crippen LogP contribution in [0.4, 0.5) is 0 Å². The highest BCUT2D eigenvalue weighted by molar-refractivity contribution is 7.80. The first kappa shape index (κ1) is 18.1. The van der Waals surface area contributed by atoms with Gasteiger partial charge in [-0.2, -0.15) is 12.6 Å². The van der Waals surface area contributed by atoms with Gasteiger partial charge in [0, 0.05) is 19.6 Å². The summed E-state index contributed by atoms with van der Waals surface area (Å²) in [5.41, 5.74) is 3.06. The van der Waals surface area contributed by atoms with E-state index in [1.165, 1.54) is 24.0 Å². The van der Waals surface area contributed by atoms with Crippen LogP contribution < -0.4 is 0 Å². The Hall–Kier alpha value is -1.25. The average molecular weight is 328 g/mol. The lowest BCUT2D eigenvalue weighted by Gasteiger charge is -2.36. The van der Waals surface area contributed by atoms with Crippen LogP contribution in [-0.2, 0) is 13.1 Å². The van der Waals surface area contributed by atoms with Crippen molar-refractivity contribution >= 4 is 12.6 Å². The second kappa shape index (κ2) is 9.14. The van der Waals surface area contributed by atoms with Crippen LogP contribution >= 0.6 is 12.6 Å². The fourth-order valence-electron chi connectivity index (χ4n) is 3.07. The number of thiol groups is 1. The van der Waals surface area contributed by atoms with Gasteiger partial charge in [-0.15, -0.1) is 0 Å². The largest absolute Gasteiger partial charge is 0.294 e. The Labute approximate surface area is 147 Å². The third kappa shape index (κ3) is 5.40. The van der Waals surface area contributed by atoms with E-state index in [0.29, 0.717) is 5.41 Å². The summed E-state index contributed by atoms with van der Waals surface area (Å²) >= 11 is 4.66. The van der Waals surface area contributed by atoms with Gasteiger partial charge in [-0.3, -0.25) is 4.90 Å². The zero-order valence-electron chi connectivity index (χ0n) is 14.4. The number of nitrogens with zero attached hydrogens (tertiary/aromatic N) is 1. The molecule has 2 aromatic rings. The summed E-state index contributed by atoms with van der Waals surface area (Å²) in [4.78, 5) is 2.58. The van der Waals surface area contributed by atoms with Crippen LogP contribution in [0.5, 0.6) is 0 Å². The van der Waals surface area contributed by atoms with Crippen molar-refractivity contribution < 1.29 is 0 Å². The van der Waals surface area contributed by atoms with E-state index in [9.17, 15) is 0 Å². The minimum absolute atomic E-state index is 0.298. The molecule has 1 nitrogen and oxygen atoms in total. The van der Waals surface area contributed by atoms with Crippen molar-refractivity contribution in [3.63, 3.8) is 0 Å². The van der Waals surface area contributed by atoms with Crippen molar-refractivity contribution in [1.82, 2.24) is 4.90 Å². The van der Waals surface area contributed by atoms with Crippen LogP contribution in [0.15, 0.2) is 60.7 Å². The molecule has 0 aliphatic rings. The zero-order chi connectivity index (χ0) is 16.5. The maximum atomic E-state index is 4.66. The second-order valence-electron chi connectivity index (χ2n) is 6.48. The molecule has 0 radical (unpaired) electrons. The van der Waals surface area contributed by atoms with Gasteiger partial charge in [0.15, 0.2) is 0 Å². The third-order valence-electron chi connectivity index (χ3n) is 4.89. The van der Waals surface area contributed by atoms with Gasteiger partial charge in [0.2, 0.25) is 0 Å². The molecule has 124 valence electrons. The van der Waals surface area contributed by atoms with E-state index in [1.54, 1.807) is 0 Å². The average Bonchev–Trinajstić information content (AvgIpc) is 2.61. The molecule has 23 heavy (non-hydrogen) atoms. The number of benzene rings is 2. The van der Waals surface area contributed by atoms with Crippen LogP contribution in [0, 0.1) is 5.41 Å². The van der Waals surface area contributed by atoms with Gasteiger partial charge in [-0.1, -0.05) is 74.5 Å². The van der Waals surface area contributed by atoms with Crippen molar-refractivity contribution in [2.75, 3.05) is 12.3 Å². The standard InChI is InChI=1S/C21H29NS/c1-3-21(4-2,18-23)17-22(15-19-11-7-5-8-12-19)16-20-13-9-6-10-14-20/h5-14,23H,3-4,15-18H2,1-2H3. The summed E-state index contributed by atoms with van der Waals surface area (Å²) in [5.74, 6) is 0.945. The Balaban J connectivity index is 2.16. The molecular weight excluding hydrogens is 298 g/mol. The van der Waals surface area contributed by atoms with E-state index in [-0.39, 0.29) is 0 Å². The molecule has 0 spiro atoms. The predicted octanol–water partition coefficient (Wildman–Crippen LogP) is 5.43. The van der Waals surface area contributed by atoms with Crippen molar-refractivity contribution in [3.05, 3.63) is 71.8 Å². The molecule has 2 rings (SSSR count). The predicted molar refractivity (Wildman–Crippen MR) is 104 cm³/mol. The fourth-order valence-corrected chi connectivity index (χ4v) is 3.62. The molecular formula is C21H29NS. The van der Waals surface area contributed by atoms with Crippen LogP contribution in [0.3, 0.4) is 0 Å². The Morgan fingerprint density at radius 1 is 0.783 bits per heavy atom. The summed E-state index contributed by atoms with van der Waals surface area (Å²) < 4.78 is 0. The van der Waals surface area contributed by atoms with E-state index in [1.807, 2.05) is 0 Å². The molecule has 0 N–H and O–H groups in total. The summed E-state index contributed by atoms with van der Waals surface area (Å²) in [6.45, 7) is 7.66.